The van der Waals surface area contributed by atoms with Gasteiger partial charge in [0.05, 0.1) is 12.6 Å². The van der Waals surface area contributed by atoms with Crippen LogP contribution in [0.2, 0.25) is 0 Å². The van der Waals surface area contributed by atoms with E-state index in [0.29, 0.717) is 25.4 Å². The average molecular weight is 330 g/mol. The third-order valence-corrected chi connectivity index (χ3v) is 3.65. The van der Waals surface area contributed by atoms with E-state index in [4.69, 9.17) is 0 Å². The minimum Gasteiger partial charge on any atom is -0.391 e. The third-order valence-electron chi connectivity index (χ3n) is 3.65. The molecule has 3 N–H and O–H groups in total. The summed E-state index contributed by atoms with van der Waals surface area (Å²) in [6, 6.07) is 9.80. The summed E-state index contributed by atoms with van der Waals surface area (Å²) in [7, 11) is 0. The first-order chi connectivity index (χ1) is 11.5. The van der Waals surface area contributed by atoms with Crippen LogP contribution in [-0.4, -0.2) is 33.3 Å². The van der Waals surface area contributed by atoms with Gasteiger partial charge in [0.1, 0.15) is 5.82 Å². The summed E-state index contributed by atoms with van der Waals surface area (Å²) in [6.45, 7) is 5.38. The first-order valence-corrected chi connectivity index (χ1v) is 8.28. The molecule has 0 fully saturated rings. The zero-order valence-electron chi connectivity index (χ0n) is 14.3. The van der Waals surface area contributed by atoms with Crippen molar-refractivity contribution >= 4 is 6.03 Å². The van der Waals surface area contributed by atoms with Crippen molar-refractivity contribution < 1.29 is 9.90 Å². The third kappa shape index (κ3) is 6.04. The van der Waals surface area contributed by atoms with E-state index in [1.807, 2.05) is 42.8 Å². The smallest absolute Gasteiger partial charge is 0.315 e. The first kappa shape index (κ1) is 18.0. The molecular weight excluding hydrogens is 304 g/mol. The summed E-state index contributed by atoms with van der Waals surface area (Å²) < 4.78 is 2.00. The Bertz CT molecular complexity index is 625. The van der Waals surface area contributed by atoms with Crippen LogP contribution < -0.4 is 10.6 Å². The van der Waals surface area contributed by atoms with Crippen LogP contribution in [0.25, 0.3) is 0 Å². The number of rotatable bonds is 8. The zero-order chi connectivity index (χ0) is 17.4. The zero-order valence-corrected chi connectivity index (χ0v) is 14.3. The van der Waals surface area contributed by atoms with Crippen LogP contribution in [0.4, 0.5) is 4.79 Å². The second-order valence-electron chi connectivity index (χ2n) is 6.30. The number of benzene rings is 1. The molecule has 2 amide bonds. The first-order valence-electron chi connectivity index (χ1n) is 8.28. The van der Waals surface area contributed by atoms with Gasteiger partial charge in [-0.2, -0.15) is 0 Å². The van der Waals surface area contributed by atoms with Gasteiger partial charge in [-0.15, -0.1) is 0 Å². The van der Waals surface area contributed by atoms with Crippen LogP contribution in [0.5, 0.6) is 0 Å². The minimum atomic E-state index is -0.518. The molecule has 0 aliphatic carbocycles. The lowest BCUT2D eigenvalue weighted by Crippen LogP contribution is -2.40. The van der Waals surface area contributed by atoms with Crippen LogP contribution in [0, 0.1) is 5.92 Å². The lowest BCUT2D eigenvalue weighted by atomic mass is 10.1. The number of aliphatic hydroxyl groups is 1. The molecule has 0 aliphatic heterocycles. The fourth-order valence-electron chi connectivity index (χ4n) is 2.49. The van der Waals surface area contributed by atoms with E-state index >= 15 is 0 Å². The SMILES string of the molecule is CC(C)CC(O)CNC(=O)NCc1nccn1Cc1ccccc1. The van der Waals surface area contributed by atoms with Crippen LogP contribution in [0.15, 0.2) is 42.7 Å². The minimum absolute atomic E-state index is 0.252. The number of aromatic nitrogens is 2. The van der Waals surface area contributed by atoms with Gasteiger partial charge in [0.15, 0.2) is 0 Å². The molecule has 130 valence electrons. The molecule has 24 heavy (non-hydrogen) atoms. The highest BCUT2D eigenvalue weighted by molar-refractivity contribution is 5.73. The van der Waals surface area contributed by atoms with E-state index in [-0.39, 0.29) is 12.6 Å². The van der Waals surface area contributed by atoms with E-state index in [9.17, 15) is 9.90 Å². The molecule has 6 heteroatoms. The summed E-state index contributed by atoms with van der Waals surface area (Å²) in [4.78, 5) is 16.1. The highest BCUT2D eigenvalue weighted by Crippen LogP contribution is 2.05. The maximum absolute atomic E-state index is 11.8. The van der Waals surface area contributed by atoms with Crippen molar-refractivity contribution in [2.45, 2.75) is 39.5 Å². The Hall–Kier alpha value is -2.34. The Morgan fingerprint density at radius 3 is 2.71 bits per heavy atom. The number of imidazole rings is 1. The number of carbonyl (C=O) groups is 1. The molecule has 6 nitrogen and oxygen atoms in total. The van der Waals surface area contributed by atoms with Crippen molar-refractivity contribution in [3.63, 3.8) is 0 Å². The molecule has 1 atom stereocenters. The summed E-state index contributed by atoms with van der Waals surface area (Å²) >= 11 is 0. The van der Waals surface area contributed by atoms with E-state index in [1.165, 1.54) is 5.56 Å². The van der Waals surface area contributed by atoms with Crippen molar-refractivity contribution in [1.82, 2.24) is 20.2 Å². The molecule has 1 aromatic heterocycles. The van der Waals surface area contributed by atoms with Crippen LogP contribution >= 0.6 is 0 Å². The van der Waals surface area contributed by atoms with Gasteiger partial charge in [-0.1, -0.05) is 44.2 Å². The fraction of sp³-hybridized carbons (Fsp3) is 0.444. The predicted octanol–water partition coefficient (Wildman–Crippen LogP) is 2.14. The van der Waals surface area contributed by atoms with Gasteiger partial charge in [-0.05, 0) is 17.9 Å². The Kier molecular flexibility index (Phi) is 6.81. The van der Waals surface area contributed by atoms with E-state index < -0.39 is 6.10 Å². The number of hydrogen-bond acceptors (Lipinski definition) is 3. The highest BCUT2D eigenvalue weighted by atomic mass is 16.3. The largest absolute Gasteiger partial charge is 0.391 e. The quantitative estimate of drug-likeness (QED) is 0.694. The molecule has 2 rings (SSSR count). The van der Waals surface area contributed by atoms with Gasteiger partial charge in [-0.3, -0.25) is 0 Å². The van der Waals surface area contributed by atoms with E-state index in [1.54, 1.807) is 6.20 Å². The number of nitrogens with zero attached hydrogens (tertiary/aromatic N) is 2. The number of urea groups is 1. The van der Waals surface area contributed by atoms with Crippen molar-refractivity contribution in [2.75, 3.05) is 6.54 Å². The molecule has 1 heterocycles. The lowest BCUT2D eigenvalue weighted by Gasteiger charge is -2.14. The van der Waals surface area contributed by atoms with Crippen molar-refractivity contribution in [2.24, 2.45) is 5.92 Å². The molecule has 0 spiro atoms. The Morgan fingerprint density at radius 1 is 1.25 bits per heavy atom. The topological polar surface area (TPSA) is 79.2 Å². The normalized spacial score (nSPS) is 12.2. The van der Waals surface area contributed by atoms with Gasteiger partial charge in [0.2, 0.25) is 0 Å². The van der Waals surface area contributed by atoms with Crippen LogP contribution in [0.1, 0.15) is 31.7 Å². The predicted molar refractivity (Wildman–Crippen MR) is 93.5 cm³/mol. The Labute approximate surface area is 142 Å². The van der Waals surface area contributed by atoms with Crippen molar-refractivity contribution in [3.8, 4) is 0 Å². The Morgan fingerprint density at radius 2 is 2.00 bits per heavy atom. The molecule has 0 radical (unpaired) electrons. The maximum atomic E-state index is 11.8. The highest BCUT2D eigenvalue weighted by Gasteiger charge is 2.10. The number of carbonyl (C=O) groups excluding carboxylic acids is 1. The number of nitrogens with one attached hydrogen (secondary N) is 2. The Balaban J connectivity index is 1.78. The molecule has 1 unspecified atom stereocenters. The van der Waals surface area contributed by atoms with E-state index in [0.717, 1.165) is 5.82 Å². The molecule has 1 aromatic carbocycles. The second-order valence-corrected chi connectivity index (χ2v) is 6.30. The average Bonchev–Trinajstić information content (AvgIpc) is 2.98. The van der Waals surface area contributed by atoms with Gasteiger partial charge in [0.25, 0.3) is 0 Å². The second kappa shape index (κ2) is 9.08. The maximum Gasteiger partial charge on any atom is 0.315 e. The summed E-state index contributed by atoms with van der Waals surface area (Å²) in [5, 5.41) is 15.2. The molecule has 0 bridgehead atoms. The standard InChI is InChI=1S/C18H26N4O2/c1-14(2)10-16(23)11-20-18(24)21-12-17-19-8-9-22(17)13-15-6-4-3-5-7-15/h3-9,14,16,23H,10-13H2,1-2H3,(H2,20,21,24). The van der Waals surface area contributed by atoms with Crippen LogP contribution in [-0.2, 0) is 13.1 Å². The van der Waals surface area contributed by atoms with Gasteiger partial charge >= 0.3 is 6.03 Å². The van der Waals surface area contributed by atoms with Gasteiger partial charge < -0.3 is 20.3 Å². The van der Waals surface area contributed by atoms with Crippen LogP contribution in [0.3, 0.4) is 0 Å². The molecule has 0 saturated carbocycles. The van der Waals surface area contributed by atoms with Crippen molar-refractivity contribution in [1.29, 1.82) is 0 Å². The number of aliphatic hydroxyl groups excluding tert-OH is 1. The molecular formula is C18H26N4O2. The molecule has 0 saturated heterocycles. The molecule has 2 aromatic rings. The van der Waals surface area contributed by atoms with E-state index in [2.05, 4.69) is 27.8 Å². The number of hydrogen-bond donors (Lipinski definition) is 3. The fourth-order valence-corrected chi connectivity index (χ4v) is 2.49. The summed E-state index contributed by atoms with van der Waals surface area (Å²) in [5.41, 5.74) is 1.18. The monoisotopic (exact) mass is 330 g/mol. The summed E-state index contributed by atoms with van der Waals surface area (Å²) in [6.07, 6.45) is 3.77. The van der Waals surface area contributed by atoms with Gasteiger partial charge in [-0.25, -0.2) is 9.78 Å². The lowest BCUT2D eigenvalue weighted by molar-refractivity contribution is 0.146. The number of amides is 2. The summed E-state index contributed by atoms with van der Waals surface area (Å²) in [5.74, 6) is 1.19. The van der Waals surface area contributed by atoms with Gasteiger partial charge in [0, 0.05) is 25.5 Å². The molecule has 0 aliphatic rings. The van der Waals surface area contributed by atoms with Crippen molar-refractivity contribution in [3.05, 3.63) is 54.1 Å².